The molecule has 0 aliphatic heterocycles. The smallest absolute Gasteiger partial charge is 0.155 e. The maximum absolute atomic E-state index is 5.16. The summed E-state index contributed by atoms with van der Waals surface area (Å²) in [4.78, 5) is 1.99. The van der Waals surface area contributed by atoms with E-state index in [1.807, 2.05) is 48.3 Å². The number of hydrogen-bond donors (Lipinski definition) is 1. The van der Waals surface area contributed by atoms with Crippen LogP contribution >= 0.6 is 0 Å². The van der Waals surface area contributed by atoms with Crippen LogP contribution in [-0.2, 0) is 6.54 Å². The van der Waals surface area contributed by atoms with Crippen molar-refractivity contribution in [3.05, 3.63) is 42.1 Å². The number of nitrogens with zero attached hydrogens (tertiary/aromatic N) is 3. The molecule has 0 amide bonds. The van der Waals surface area contributed by atoms with Crippen molar-refractivity contribution < 1.29 is 4.74 Å². The molecule has 1 heterocycles. The van der Waals surface area contributed by atoms with Gasteiger partial charge in [-0.15, -0.1) is 5.10 Å². The molecule has 1 N–H and O–H groups in total. The average molecular weight is 286 g/mol. The first-order chi connectivity index (χ1) is 10.1. The van der Waals surface area contributed by atoms with E-state index in [1.54, 1.807) is 7.11 Å². The molecule has 0 unspecified atom stereocenters. The van der Waals surface area contributed by atoms with Gasteiger partial charge < -0.3 is 15.0 Å². The first-order valence-corrected chi connectivity index (χ1v) is 7.04. The van der Waals surface area contributed by atoms with Crippen LogP contribution in [-0.4, -0.2) is 30.4 Å². The van der Waals surface area contributed by atoms with Gasteiger partial charge in [0.2, 0.25) is 0 Å². The highest BCUT2D eigenvalue weighted by Gasteiger charge is 2.06. The maximum atomic E-state index is 5.16. The molecule has 0 radical (unpaired) electrons. The van der Waals surface area contributed by atoms with Crippen LogP contribution in [0, 0.1) is 0 Å². The normalized spacial score (nSPS) is 10.7. The summed E-state index contributed by atoms with van der Waals surface area (Å²) in [7, 11) is 3.63. The summed E-state index contributed by atoms with van der Waals surface area (Å²) in [6.07, 6.45) is 0. The molecule has 0 atom stereocenters. The third-order valence-electron chi connectivity index (χ3n) is 3.20. The highest BCUT2D eigenvalue weighted by Crippen LogP contribution is 2.23. The lowest BCUT2D eigenvalue weighted by Gasteiger charge is -2.18. The molecule has 0 fully saturated rings. The molecule has 0 spiro atoms. The van der Waals surface area contributed by atoms with Gasteiger partial charge in [0.15, 0.2) is 5.82 Å². The van der Waals surface area contributed by atoms with E-state index in [-0.39, 0.29) is 0 Å². The van der Waals surface area contributed by atoms with Crippen LogP contribution < -0.4 is 15.0 Å². The molecule has 0 aliphatic rings. The highest BCUT2D eigenvalue weighted by atomic mass is 16.5. The second kappa shape index (κ2) is 7.04. The zero-order valence-electron chi connectivity index (χ0n) is 13.0. The summed E-state index contributed by atoms with van der Waals surface area (Å²) in [6.45, 7) is 4.95. The van der Waals surface area contributed by atoms with E-state index in [0.29, 0.717) is 6.04 Å². The van der Waals surface area contributed by atoms with E-state index in [9.17, 15) is 0 Å². The molecular formula is C16H22N4O. The van der Waals surface area contributed by atoms with Gasteiger partial charge in [0, 0.05) is 25.3 Å². The van der Waals surface area contributed by atoms with Crippen LogP contribution in [0.4, 0.5) is 11.5 Å². The number of hydrogen-bond acceptors (Lipinski definition) is 5. The van der Waals surface area contributed by atoms with Crippen LogP contribution in [0.2, 0.25) is 0 Å². The predicted octanol–water partition coefficient (Wildman–Crippen LogP) is 2.75. The second-order valence-corrected chi connectivity index (χ2v) is 5.18. The lowest BCUT2D eigenvalue weighted by molar-refractivity contribution is 0.415. The lowest BCUT2D eigenvalue weighted by Crippen LogP contribution is -2.22. The number of ether oxygens (including phenoxy) is 1. The fourth-order valence-electron chi connectivity index (χ4n) is 1.87. The van der Waals surface area contributed by atoms with Crippen LogP contribution in [0.15, 0.2) is 36.4 Å². The van der Waals surface area contributed by atoms with Crippen molar-refractivity contribution >= 4 is 11.5 Å². The molecule has 0 saturated carbocycles. The van der Waals surface area contributed by atoms with Gasteiger partial charge in [0.25, 0.3) is 0 Å². The van der Waals surface area contributed by atoms with E-state index >= 15 is 0 Å². The maximum Gasteiger partial charge on any atom is 0.155 e. The minimum Gasteiger partial charge on any atom is -0.497 e. The highest BCUT2D eigenvalue weighted by molar-refractivity contribution is 5.59. The molecule has 112 valence electrons. The molecule has 21 heavy (non-hydrogen) atoms. The molecular weight excluding hydrogens is 264 g/mol. The minimum absolute atomic E-state index is 0.438. The molecule has 2 rings (SSSR count). The third kappa shape index (κ3) is 4.16. The van der Waals surface area contributed by atoms with Crippen molar-refractivity contribution in [3.63, 3.8) is 0 Å². The van der Waals surface area contributed by atoms with Crippen LogP contribution in [0.1, 0.15) is 19.5 Å². The van der Waals surface area contributed by atoms with Crippen molar-refractivity contribution in [1.82, 2.24) is 15.5 Å². The zero-order valence-corrected chi connectivity index (χ0v) is 13.0. The van der Waals surface area contributed by atoms with Crippen molar-refractivity contribution in [2.75, 3.05) is 19.1 Å². The first-order valence-electron chi connectivity index (χ1n) is 7.04. The monoisotopic (exact) mass is 286 g/mol. The molecule has 0 saturated heterocycles. The second-order valence-electron chi connectivity index (χ2n) is 5.18. The Kier molecular flexibility index (Phi) is 5.11. The topological polar surface area (TPSA) is 50.3 Å². The molecule has 5 nitrogen and oxygen atoms in total. The molecule has 0 aliphatic carbocycles. The molecule has 2 aromatic rings. The number of methoxy groups -OCH3 is 1. The van der Waals surface area contributed by atoms with Crippen molar-refractivity contribution in [2.45, 2.75) is 26.4 Å². The predicted molar refractivity (Wildman–Crippen MR) is 85.1 cm³/mol. The Hall–Kier alpha value is -2.14. The summed E-state index contributed by atoms with van der Waals surface area (Å²) in [6, 6.07) is 12.3. The first kappa shape index (κ1) is 15.3. The number of nitrogens with one attached hydrogen (secondary N) is 1. The van der Waals surface area contributed by atoms with Gasteiger partial charge >= 0.3 is 0 Å². The molecule has 1 aromatic heterocycles. The van der Waals surface area contributed by atoms with Crippen molar-refractivity contribution in [1.29, 1.82) is 0 Å². The van der Waals surface area contributed by atoms with E-state index in [1.165, 1.54) is 0 Å². The lowest BCUT2D eigenvalue weighted by atomic mass is 10.2. The van der Waals surface area contributed by atoms with Crippen LogP contribution in [0.25, 0.3) is 0 Å². The van der Waals surface area contributed by atoms with Gasteiger partial charge in [0.05, 0.1) is 12.8 Å². The SMILES string of the molecule is COc1ccc(N(C)c2ccc(CNC(C)C)nn2)cc1. The minimum atomic E-state index is 0.438. The Morgan fingerprint density at radius 3 is 2.33 bits per heavy atom. The van der Waals surface area contributed by atoms with Gasteiger partial charge in [-0.3, -0.25) is 0 Å². The number of benzene rings is 1. The third-order valence-corrected chi connectivity index (χ3v) is 3.20. The van der Waals surface area contributed by atoms with Crippen LogP contribution in [0.5, 0.6) is 5.75 Å². The number of anilines is 2. The van der Waals surface area contributed by atoms with E-state index in [0.717, 1.165) is 29.5 Å². The van der Waals surface area contributed by atoms with Gasteiger partial charge in [-0.2, -0.15) is 5.10 Å². The van der Waals surface area contributed by atoms with E-state index < -0.39 is 0 Å². The summed E-state index contributed by atoms with van der Waals surface area (Å²) in [5.74, 6) is 1.65. The fourth-order valence-corrected chi connectivity index (χ4v) is 1.87. The van der Waals surface area contributed by atoms with Crippen molar-refractivity contribution in [3.8, 4) is 5.75 Å². The van der Waals surface area contributed by atoms with E-state index in [4.69, 9.17) is 4.74 Å². The zero-order chi connectivity index (χ0) is 15.2. The fraction of sp³-hybridized carbons (Fsp3) is 0.375. The Morgan fingerprint density at radius 2 is 1.81 bits per heavy atom. The average Bonchev–Trinajstić information content (AvgIpc) is 2.53. The summed E-state index contributed by atoms with van der Waals surface area (Å²) < 4.78 is 5.16. The van der Waals surface area contributed by atoms with Gasteiger partial charge in [-0.1, -0.05) is 13.8 Å². The molecule has 1 aromatic carbocycles. The molecule has 5 heteroatoms. The Balaban J connectivity index is 2.06. The van der Waals surface area contributed by atoms with Gasteiger partial charge in [-0.05, 0) is 36.4 Å². The number of rotatable bonds is 6. The summed E-state index contributed by atoms with van der Waals surface area (Å²) in [5.41, 5.74) is 1.98. The van der Waals surface area contributed by atoms with Gasteiger partial charge in [0.1, 0.15) is 5.75 Å². The number of aromatic nitrogens is 2. The quantitative estimate of drug-likeness (QED) is 0.885. The van der Waals surface area contributed by atoms with Crippen molar-refractivity contribution in [2.24, 2.45) is 0 Å². The Labute approximate surface area is 126 Å². The van der Waals surface area contributed by atoms with E-state index in [2.05, 4.69) is 29.4 Å². The van der Waals surface area contributed by atoms with Gasteiger partial charge in [-0.25, -0.2) is 0 Å². The van der Waals surface area contributed by atoms with Crippen LogP contribution in [0.3, 0.4) is 0 Å². The molecule has 0 bridgehead atoms. The summed E-state index contributed by atoms with van der Waals surface area (Å²) in [5, 5.41) is 11.9. The Bertz CT molecular complexity index is 551. The Morgan fingerprint density at radius 1 is 1.10 bits per heavy atom. The standard InChI is InChI=1S/C16H22N4O/c1-12(2)17-11-13-5-10-16(19-18-13)20(3)14-6-8-15(21-4)9-7-14/h5-10,12,17H,11H2,1-4H3. The summed E-state index contributed by atoms with van der Waals surface area (Å²) >= 11 is 0. The largest absolute Gasteiger partial charge is 0.497 e.